The summed E-state index contributed by atoms with van der Waals surface area (Å²) >= 11 is 0. The summed E-state index contributed by atoms with van der Waals surface area (Å²) in [7, 11) is 0. The zero-order valence-electron chi connectivity index (χ0n) is 12.8. The molecule has 3 heteroatoms. The van der Waals surface area contributed by atoms with Crippen LogP contribution in [0.15, 0.2) is 0 Å². The first-order valence-electron chi connectivity index (χ1n) is 7.25. The minimum Gasteiger partial charge on any atom is -0.376 e. The Morgan fingerprint density at radius 3 is 2.28 bits per heavy atom. The van der Waals surface area contributed by atoms with Gasteiger partial charge < -0.3 is 4.74 Å². The van der Waals surface area contributed by atoms with Crippen LogP contribution in [0, 0.1) is 11.8 Å². The number of ketones is 1. The maximum atomic E-state index is 12.4. The van der Waals surface area contributed by atoms with E-state index in [0.29, 0.717) is 17.7 Å². The zero-order valence-corrected chi connectivity index (χ0v) is 12.8. The second kappa shape index (κ2) is 6.67. The minimum atomic E-state index is -0.0382. The van der Waals surface area contributed by atoms with E-state index < -0.39 is 0 Å². The molecule has 0 radical (unpaired) electrons. The predicted octanol–water partition coefficient (Wildman–Crippen LogP) is 2.74. The number of carbonyl (C=O) groups excluding carboxylic acids is 1. The van der Waals surface area contributed by atoms with Gasteiger partial charge in [0.15, 0.2) is 5.78 Å². The summed E-state index contributed by atoms with van der Waals surface area (Å²) < 4.78 is 5.97. The fraction of sp³-hybridized carbons (Fsp3) is 0.933. The Labute approximate surface area is 112 Å². The molecule has 1 aliphatic heterocycles. The molecule has 1 rings (SSSR count). The van der Waals surface area contributed by atoms with Gasteiger partial charge in [0.25, 0.3) is 0 Å². The molecule has 106 valence electrons. The molecule has 1 unspecified atom stereocenters. The number of nitrogens with zero attached hydrogens (tertiary/aromatic N) is 1. The molecule has 0 amide bonds. The summed E-state index contributed by atoms with van der Waals surface area (Å²) in [6, 6.07) is 0.370. The zero-order chi connectivity index (χ0) is 13.9. The van der Waals surface area contributed by atoms with Gasteiger partial charge in [0.1, 0.15) is 0 Å². The second-order valence-electron chi connectivity index (χ2n) is 6.39. The Kier molecular flexibility index (Phi) is 5.80. The van der Waals surface area contributed by atoms with E-state index >= 15 is 0 Å². The summed E-state index contributed by atoms with van der Waals surface area (Å²) in [5.41, 5.74) is 0. The molecule has 1 fully saturated rings. The van der Waals surface area contributed by atoms with Gasteiger partial charge in [-0.25, -0.2) is 0 Å². The van der Waals surface area contributed by atoms with Crippen LogP contribution in [0.25, 0.3) is 0 Å². The second-order valence-corrected chi connectivity index (χ2v) is 6.39. The molecule has 1 aliphatic rings. The number of hydrogen-bond donors (Lipinski definition) is 0. The Bertz CT molecular complexity index is 274. The number of ether oxygens (including phenoxy) is 1. The van der Waals surface area contributed by atoms with Crippen LogP contribution in [0.3, 0.4) is 0 Å². The maximum Gasteiger partial charge on any atom is 0.155 e. The largest absolute Gasteiger partial charge is 0.376 e. The predicted molar refractivity (Wildman–Crippen MR) is 74.7 cm³/mol. The van der Waals surface area contributed by atoms with E-state index in [2.05, 4.69) is 32.6 Å². The molecule has 1 heterocycles. The monoisotopic (exact) mass is 255 g/mol. The highest BCUT2D eigenvalue weighted by Gasteiger charge is 2.41. The van der Waals surface area contributed by atoms with Gasteiger partial charge in [-0.3, -0.25) is 9.69 Å². The van der Waals surface area contributed by atoms with Crippen molar-refractivity contribution in [3.8, 4) is 0 Å². The highest BCUT2D eigenvalue weighted by molar-refractivity contribution is 5.86. The average molecular weight is 255 g/mol. The molecule has 0 saturated carbocycles. The van der Waals surface area contributed by atoms with E-state index in [9.17, 15) is 4.79 Å². The Morgan fingerprint density at radius 2 is 1.83 bits per heavy atom. The van der Waals surface area contributed by atoms with E-state index in [-0.39, 0.29) is 18.1 Å². The molecule has 3 nitrogen and oxygen atoms in total. The maximum absolute atomic E-state index is 12.4. The Balaban J connectivity index is 2.74. The van der Waals surface area contributed by atoms with Crippen LogP contribution in [0.2, 0.25) is 0 Å². The third kappa shape index (κ3) is 3.79. The van der Waals surface area contributed by atoms with Crippen LogP contribution >= 0.6 is 0 Å². The first kappa shape index (κ1) is 15.6. The van der Waals surface area contributed by atoms with Gasteiger partial charge in [0.2, 0.25) is 0 Å². The van der Waals surface area contributed by atoms with Gasteiger partial charge in [-0.1, -0.05) is 27.7 Å². The third-order valence-corrected chi connectivity index (χ3v) is 3.55. The molecular weight excluding hydrogens is 226 g/mol. The minimum absolute atomic E-state index is 0.0382. The molecule has 0 spiro atoms. The van der Waals surface area contributed by atoms with Crippen LogP contribution in [-0.2, 0) is 9.53 Å². The first-order valence-corrected chi connectivity index (χ1v) is 7.25. The normalized spacial score (nSPS) is 25.6. The van der Waals surface area contributed by atoms with Gasteiger partial charge >= 0.3 is 0 Å². The van der Waals surface area contributed by atoms with Crippen LogP contribution < -0.4 is 0 Å². The van der Waals surface area contributed by atoms with Crippen LogP contribution in [-0.4, -0.2) is 42.0 Å². The van der Waals surface area contributed by atoms with E-state index in [4.69, 9.17) is 4.74 Å². The molecular formula is C15H29NO2. The van der Waals surface area contributed by atoms with Gasteiger partial charge in [0.05, 0.1) is 12.1 Å². The topological polar surface area (TPSA) is 29.5 Å². The van der Waals surface area contributed by atoms with Crippen molar-refractivity contribution in [2.45, 2.75) is 66.2 Å². The molecule has 0 aromatic rings. The first-order chi connectivity index (χ1) is 8.34. The Morgan fingerprint density at radius 1 is 1.22 bits per heavy atom. The van der Waals surface area contributed by atoms with Crippen molar-refractivity contribution in [2.75, 3.05) is 13.2 Å². The molecule has 0 aromatic heterocycles. The van der Waals surface area contributed by atoms with Crippen molar-refractivity contribution < 1.29 is 9.53 Å². The molecule has 1 saturated heterocycles. The lowest BCUT2D eigenvalue weighted by atomic mass is 9.97. The summed E-state index contributed by atoms with van der Waals surface area (Å²) in [4.78, 5) is 14.7. The fourth-order valence-corrected chi connectivity index (χ4v) is 2.54. The molecule has 0 aromatic carbocycles. The summed E-state index contributed by atoms with van der Waals surface area (Å²) in [5.74, 6) is 0.933. The number of rotatable bonds is 6. The summed E-state index contributed by atoms with van der Waals surface area (Å²) in [5, 5.41) is 0. The van der Waals surface area contributed by atoms with Gasteiger partial charge in [-0.05, 0) is 26.2 Å². The van der Waals surface area contributed by atoms with Crippen molar-refractivity contribution in [3.05, 3.63) is 0 Å². The molecule has 0 N–H and O–H groups in total. The van der Waals surface area contributed by atoms with Crippen molar-refractivity contribution in [3.63, 3.8) is 0 Å². The van der Waals surface area contributed by atoms with Crippen LogP contribution in [0.1, 0.15) is 48.0 Å². The number of hydrogen-bond acceptors (Lipinski definition) is 3. The van der Waals surface area contributed by atoms with Crippen LogP contribution in [0.5, 0.6) is 0 Å². The molecule has 0 bridgehead atoms. The molecule has 2 atom stereocenters. The van der Waals surface area contributed by atoms with Gasteiger partial charge in [-0.2, -0.15) is 0 Å². The number of carbonyl (C=O) groups is 1. The number of Topliss-reactive ketones (excluding diaryl/α,β-unsaturated/α-hetero) is 1. The third-order valence-electron chi connectivity index (χ3n) is 3.55. The Hall–Kier alpha value is -0.410. The average Bonchev–Trinajstić information content (AvgIpc) is 2.68. The van der Waals surface area contributed by atoms with Crippen molar-refractivity contribution in [2.24, 2.45) is 11.8 Å². The van der Waals surface area contributed by atoms with E-state index in [1.807, 2.05) is 13.8 Å². The van der Waals surface area contributed by atoms with Crippen LogP contribution in [0.4, 0.5) is 0 Å². The smallest absolute Gasteiger partial charge is 0.155 e. The lowest BCUT2D eigenvalue weighted by Gasteiger charge is -2.31. The number of likely N-dealkylation sites (tertiary alicyclic amines) is 1. The molecule has 18 heavy (non-hydrogen) atoms. The van der Waals surface area contributed by atoms with Crippen molar-refractivity contribution in [1.82, 2.24) is 4.90 Å². The lowest BCUT2D eigenvalue weighted by molar-refractivity contribution is -0.131. The fourth-order valence-electron chi connectivity index (χ4n) is 2.54. The lowest BCUT2D eigenvalue weighted by Crippen LogP contribution is -2.47. The van der Waals surface area contributed by atoms with E-state index in [1.165, 1.54) is 0 Å². The van der Waals surface area contributed by atoms with E-state index in [0.717, 1.165) is 19.6 Å². The summed E-state index contributed by atoms with van der Waals surface area (Å²) in [6.45, 7) is 14.3. The van der Waals surface area contributed by atoms with Crippen molar-refractivity contribution in [1.29, 1.82) is 0 Å². The van der Waals surface area contributed by atoms with E-state index in [1.54, 1.807) is 0 Å². The van der Waals surface area contributed by atoms with Gasteiger partial charge in [-0.15, -0.1) is 0 Å². The summed E-state index contributed by atoms with van der Waals surface area (Å²) in [6.07, 6.45) is 1.07. The highest BCUT2D eigenvalue weighted by Crippen LogP contribution is 2.26. The van der Waals surface area contributed by atoms with Crippen molar-refractivity contribution >= 4 is 5.78 Å². The molecule has 0 aliphatic carbocycles. The standard InChI is InChI=1S/C15H29NO2/c1-10(2)9-18-13-7-8-16(12(5)6)14(13)15(17)11(3)4/h10-14H,7-9H2,1-6H3/t13-,14?/m1/s1. The quantitative estimate of drug-likeness (QED) is 0.731. The highest BCUT2D eigenvalue weighted by atomic mass is 16.5. The SMILES string of the molecule is CC(C)CO[C@@H]1CCN(C(C)C)C1C(=O)C(C)C. The van der Waals surface area contributed by atoms with Gasteiger partial charge in [0, 0.05) is 25.1 Å².